The van der Waals surface area contributed by atoms with Crippen LogP contribution in [-0.4, -0.2) is 12.0 Å². The molecule has 20 heavy (non-hydrogen) atoms. The van der Waals surface area contributed by atoms with Gasteiger partial charge in [0.05, 0.1) is 17.7 Å². The van der Waals surface area contributed by atoms with Crippen LogP contribution < -0.4 is 10.1 Å². The van der Waals surface area contributed by atoms with Crippen molar-refractivity contribution in [2.45, 2.75) is 0 Å². The van der Waals surface area contributed by atoms with Gasteiger partial charge in [-0.2, -0.15) is 0 Å². The molecule has 104 valence electrons. The standard InChI is InChI=1S/C13H10BrClN2O3/c1-20-13-5-3-9(15)7-11(13)16-10-4-2-8(14)6-12(10)17(18)19/h2-7,16H,1H3. The minimum Gasteiger partial charge on any atom is -0.495 e. The predicted octanol–water partition coefficient (Wildman–Crippen LogP) is 4.76. The maximum atomic E-state index is 11.1. The van der Waals surface area contributed by atoms with E-state index in [1.54, 1.807) is 30.3 Å². The van der Waals surface area contributed by atoms with E-state index < -0.39 is 4.92 Å². The molecule has 0 aliphatic carbocycles. The molecule has 0 aromatic heterocycles. The number of hydrogen-bond acceptors (Lipinski definition) is 4. The molecule has 0 bridgehead atoms. The third-order valence-electron chi connectivity index (χ3n) is 2.59. The van der Waals surface area contributed by atoms with Gasteiger partial charge in [-0.1, -0.05) is 27.5 Å². The molecule has 2 aromatic rings. The van der Waals surface area contributed by atoms with Crippen LogP contribution in [-0.2, 0) is 0 Å². The highest BCUT2D eigenvalue weighted by Gasteiger charge is 2.15. The fraction of sp³-hybridized carbons (Fsp3) is 0.0769. The van der Waals surface area contributed by atoms with Crippen molar-refractivity contribution in [3.8, 4) is 5.75 Å². The summed E-state index contributed by atoms with van der Waals surface area (Å²) < 4.78 is 5.83. The molecular formula is C13H10BrClN2O3. The van der Waals surface area contributed by atoms with Crippen molar-refractivity contribution >= 4 is 44.6 Å². The third-order valence-corrected chi connectivity index (χ3v) is 3.32. The van der Waals surface area contributed by atoms with Gasteiger partial charge in [-0.3, -0.25) is 10.1 Å². The molecule has 0 aliphatic rings. The Morgan fingerprint density at radius 1 is 1.25 bits per heavy atom. The van der Waals surface area contributed by atoms with E-state index >= 15 is 0 Å². The fourth-order valence-electron chi connectivity index (χ4n) is 1.68. The van der Waals surface area contributed by atoms with Crippen molar-refractivity contribution < 1.29 is 9.66 Å². The molecule has 0 radical (unpaired) electrons. The van der Waals surface area contributed by atoms with Crippen molar-refractivity contribution in [1.29, 1.82) is 0 Å². The van der Waals surface area contributed by atoms with Crippen molar-refractivity contribution in [3.63, 3.8) is 0 Å². The van der Waals surface area contributed by atoms with Gasteiger partial charge in [0.1, 0.15) is 11.4 Å². The first kappa shape index (κ1) is 14.6. The number of hydrogen-bond donors (Lipinski definition) is 1. The molecule has 2 aromatic carbocycles. The average molecular weight is 358 g/mol. The molecule has 0 fully saturated rings. The first-order valence-electron chi connectivity index (χ1n) is 5.56. The van der Waals surface area contributed by atoms with Gasteiger partial charge in [0.15, 0.2) is 0 Å². The molecule has 2 rings (SSSR count). The molecule has 0 saturated heterocycles. The lowest BCUT2D eigenvalue weighted by Crippen LogP contribution is -1.99. The molecular weight excluding hydrogens is 348 g/mol. The molecule has 1 N–H and O–H groups in total. The molecule has 0 unspecified atom stereocenters. The van der Waals surface area contributed by atoms with Crippen LogP contribution in [0.5, 0.6) is 5.75 Å². The largest absolute Gasteiger partial charge is 0.495 e. The lowest BCUT2D eigenvalue weighted by atomic mass is 10.2. The number of halogens is 2. The van der Waals surface area contributed by atoms with Gasteiger partial charge in [-0.05, 0) is 30.3 Å². The van der Waals surface area contributed by atoms with E-state index in [4.69, 9.17) is 16.3 Å². The summed E-state index contributed by atoms with van der Waals surface area (Å²) in [4.78, 5) is 10.6. The number of nitrogens with one attached hydrogen (secondary N) is 1. The van der Waals surface area contributed by atoms with Crippen LogP contribution in [0.2, 0.25) is 5.02 Å². The highest BCUT2D eigenvalue weighted by atomic mass is 79.9. The zero-order valence-electron chi connectivity index (χ0n) is 10.4. The Morgan fingerprint density at radius 2 is 2.00 bits per heavy atom. The van der Waals surface area contributed by atoms with Gasteiger partial charge in [0, 0.05) is 15.6 Å². The Labute approximate surface area is 128 Å². The maximum Gasteiger partial charge on any atom is 0.293 e. The van der Waals surface area contributed by atoms with Crippen molar-refractivity contribution in [2.75, 3.05) is 12.4 Å². The van der Waals surface area contributed by atoms with E-state index in [-0.39, 0.29) is 5.69 Å². The van der Waals surface area contributed by atoms with E-state index in [9.17, 15) is 10.1 Å². The van der Waals surface area contributed by atoms with Crippen LogP contribution in [0.3, 0.4) is 0 Å². The van der Waals surface area contributed by atoms with Crippen LogP contribution in [0.4, 0.5) is 17.1 Å². The van der Waals surface area contributed by atoms with Crippen molar-refractivity contribution in [1.82, 2.24) is 0 Å². The summed E-state index contributed by atoms with van der Waals surface area (Å²) in [7, 11) is 1.52. The summed E-state index contributed by atoms with van der Waals surface area (Å²) in [5.74, 6) is 0.548. The maximum absolute atomic E-state index is 11.1. The molecule has 0 heterocycles. The normalized spacial score (nSPS) is 10.2. The number of nitro benzene ring substituents is 1. The molecule has 0 saturated carbocycles. The topological polar surface area (TPSA) is 64.4 Å². The summed E-state index contributed by atoms with van der Waals surface area (Å²) in [6, 6.07) is 9.78. The number of ether oxygens (including phenoxy) is 1. The summed E-state index contributed by atoms with van der Waals surface area (Å²) in [6.45, 7) is 0. The number of nitro groups is 1. The highest BCUT2D eigenvalue weighted by Crippen LogP contribution is 2.35. The fourth-order valence-corrected chi connectivity index (χ4v) is 2.21. The Hall–Kier alpha value is -1.79. The monoisotopic (exact) mass is 356 g/mol. The first-order valence-corrected chi connectivity index (χ1v) is 6.73. The SMILES string of the molecule is COc1ccc(Cl)cc1Nc1ccc(Br)cc1[N+](=O)[O-]. The summed E-state index contributed by atoms with van der Waals surface area (Å²) in [6.07, 6.45) is 0. The van der Waals surface area contributed by atoms with Gasteiger partial charge < -0.3 is 10.1 Å². The van der Waals surface area contributed by atoms with Gasteiger partial charge in [0.2, 0.25) is 0 Å². The van der Waals surface area contributed by atoms with E-state index in [0.717, 1.165) is 0 Å². The van der Waals surface area contributed by atoms with Gasteiger partial charge in [0.25, 0.3) is 5.69 Å². The van der Waals surface area contributed by atoms with Crippen molar-refractivity contribution in [2.24, 2.45) is 0 Å². The molecule has 5 nitrogen and oxygen atoms in total. The first-order chi connectivity index (χ1) is 9.51. The molecule has 0 aliphatic heterocycles. The van der Waals surface area contributed by atoms with Gasteiger partial charge in [-0.25, -0.2) is 0 Å². The quantitative estimate of drug-likeness (QED) is 0.633. The average Bonchev–Trinajstić information content (AvgIpc) is 2.41. The lowest BCUT2D eigenvalue weighted by Gasteiger charge is -2.12. The summed E-state index contributed by atoms with van der Waals surface area (Å²) in [5.41, 5.74) is 0.880. The van der Waals surface area contributed by atoms with Crippen LogP contribution in [0, 0.1) is 10.1 Å². The molecule has 0 amide bonds. The number of benzene rings is 2. The van der Waals surface area contributed by atoms with Gasteiger partial charge >= 0.3 is 0 Å². The van der Waals surface area contributed by atoms with E-state index in [0.29, 0.717) is 26.6 Å². The van der Waals surface area contributed by atoms with E-state index in [1.807, 2.05) is 0 Å². The second-order valence-corrected chi connectivity index (χ2v) is 5.24. The zero-order valence-corrected chi connectivity index (χ0v) is 12.7. The summed E-state index contributed by atoms with van der Waals surface area (Å²) in [5, 5.41) is 14.5. The van der Waals surface area contributed by atoms with Crippen LogP contribution in [0.25, 0.3) is 0 Å². The van der Waals surface area contributed by atoms with E-state index in [1.165, 1.54) is 13.2 Å². The minimum atomic E-state index is -0.454. The van der Waals surface area contributed by atoms with Crippen LogP contribution in [0.1, 0.15) is 0 Å². The number of anilines is 2. The van der Waals surface area contributed by atoms with Crippen molar-refractivity contribution in [3.05, 3.63) is 56.0 Å². The summed E-state index contributed by atoms with van der Waals surface area (Å²) >= 11 is 9.14. The highest BCUT2D eigenvalue weighted by molar-refractivity contribution is 9.10. The van der Waals surface area contributed by atoms with E-state index in [2.05, 4.69) is 21.2 Å². The Bertz CT molecular complexity index is 664. The number of rotatable bonds is 4. The predicted molar refractivity (Wildman–Crippen MR) is 82.1 cm³/mol. The Morgan fingerprint density at radius 3 is 2.65 bits per heavy atom. The zero-order chi connectivity index (χ0) is 14.7. The molecule has 0 atom stereocenters. The Balaban J connectivity index is 2.44. The van der Waals surface area contributed by atoms with Gasteiger partial charge in [-0.15, -0.1) is 0 Å². The van der Waals surface area contributed by atoms with Crippen LogP contribution >= 0.6 is 27.5 Å². The number of methoxy groups -OCH3 is 1. The molecule has 7 heteroatoms. The second kappa shape index (κ2) is 6.11. The third kappa shape index (κ3) is 3.20. The number of nitrogens with zero attached hydrogens (tertiary/aromatic N) is 1. The second-order valence-electron chi connectivity index (χ2n) is 3.89. The lowest BCUT2D eigenvalue weighted by molar-refractivity contribution is -0.384. The smallest absolute Gasteiger partial charge is 0.293 e. The minimum absolute atomic E-state index is 0.0404. The Kier molecular flexibility index (Phi) is 4.46. The van der Waals surface area contributed by atoms with Crippen LogP contribution in [0.15, 0.2) is 40.9 Å². The molecule has 0 spiro atoms.